The zero-order valence-corrected chi connectivity index (χ0v) is 11.9. The first kappa shape index (κ1) is 15.9. The number of nitrogen functional groups attached to an aromatic ring is 1. The van der Waals surface area contributed by atoms with Crippen LogP contribution in [0.3, 0.4) is 0 Å². The zero-order valence-electron chi connectivity index (χ0n) is 11.1. The fraction of sp³-hybridized carbons (Fsp3) is 0.364. The summed E-state index contributed by atoms with van der Waals surface area (Å²) >= 11 is 0. The second-order valence-electron chi connectivity index (χ2n) is 4.39. The monoisotopic (exact) mass is 301 g/mol. The normalized spacial score (nSPS) is 11.1. The highest BCUT2D eigenvalue weighted by Crippen LogP contribution is 2.22. The van der Waals surface area contributed by atoms with Crippen molar-refractivity contribution in [3.8, 4) is 0 Å². The predicted octanol–water partition coefficient (Wildman–Crippen LogP) is 0.294. The van der Waals surface area contributed by atoms with Crippen molar-refractivity contribution in [3.05, 3.63) is 33.9 Å². The third kappa shape index (κ3) is 4.19. The van der Waals surface area contributed by atoms with Gasteiger partial charge in [-0.1, -0.05) is 0 Å². The van der Waals surface area contributed by atoms with Crippen molar-refractivity contribution in [3.63, 3.8) is 0 Å². The molecule has 20 heavy (non-hydrogen) atoms. The molecule has 0 aliphatic rings. The van der Waals surface area contributed by atoms with Crippen molar-refractivity contribution in [2.24, 2.45) is 0 Å². The summed E-state index contributed by atoms with van der Waals surface area (Å²) in [5.41, 5.74) is 5.13. The number of nitro groups is 1. The Labute approximate surface area is 116 Å². The van der Waals surface area contributed by atoms with Gasteiger partial charge in [-0.05, 0) is 12.1 Å². The SMILES string of the molecule is CN(CCS(C)(=O)=O)C(=O)c1ccc(N)c([N+](=O)[O-])c1. The number of amides is 1. The number of sulfone groups is 1. The molecule has 0 saturated carbocycles. The average Bonchev–Trinajstić information content (AvgIpc) is 2.34. The van der Waals surface area contributed by atoms with E-state index in [0.717, 1.165) is 12.3 Å². The number of nitro benzene ring substituents is 1. The highest BCUT2D eigenvalue weighted by atomic mass is 32.2. The van der Waals surface area contributed by atoms with Gasteiger partial charge in [-0.15, -0.1) is 0 Å². The molecule has 0 aromatic heterocycles. The molecule has 0 heterocycles. The van der Waals surface area contributed by atoms with E-state index in [-0.39, 0.29) is 29.2 Å². The Bertz CT molecular complexity index is 641. The minimum Gasteiger partial charge on any atom is -0.393 e. The third-order valence-corrected chi connectivity index (χ3v) is 3.54. The van der Waals surface area contributed by atoms with Gasteiger partial charge in [0.05, 0.1) is 10.7 Å². The zero-order chi connectivity index (χ0) is 15.5. The predicted molar refractivity (Wildman–Crippen MR) is 74.2 cm³/mol. The van der Waals surface area contributed by atoms with E-state index in [1.807, 2.05) is 0 Å². The minimum atomic E-state index is -3.19. The number of rotatable bonds is 5. The highest BCUT2D eigenvalue weighted by molar-refractivity contribution is 7.90. The molecular formula is C11H15N3O5S. The maximum absolute atomic E-state index is 12.0. The topological polar surface area (TPSA) is 124 Å². The van der Waals surface area contributed by atoms with E-state index in [2.05, 4.69) is 0 Å². The number of anilines is 1. The van der Waals surface area contributed by atoms with Gasteiger partial charge in [0, 0.05) is 31.5 Å². The van der Waals surface area contributed by atoms with Crippen molar-refractivity contribution >= 4 is 27.1 Å². The van der Waals surface area contributed by atoms with E-state index in [0.29, 0.717) is 0 Å². The van der Waals surface area contributed by atoms with E-state index in [4.69, 9.17) is 5.73 Å². The molecule has 0 radical (unpaired) electrons. The van der Waals surface area contributed by atoms with Crippen molar-refractivity contribution < 1.29 is 18.1 Å². The van der Waals surface area contributed by atoms with E-state index in [1.54, 1.807) is 0 Å². The molecule has 0 aliphatic carbocycles. The quantitative estimate of drug-likeness (QED) is 0.473. The van der Waals surface area contributed by atoms with Gasteiger partial charge in [-0.3, -0.25) is 14.9 Å². The highest BCUT2D eigenvalue weighted by Gasteiger charge is 2.18. The van der Waals surface area contributed by atoms with Gasteiger partial charge in [0.2, 0.25) is 0 Å². The summed E-state index contributed by atoms with van der Waals surface area (Å²) in [6, 6.07) is 3.71. The van der Waals surface area contributed by atoms with Crippen LogP contribution in [0.2, 0.25) is 0 Å². The molecule has 0 aliphatic heterocycles. The summed E-state index contributed by atoms with van der Waals surface area (Å²) in [6.45, 7) is 0.00976. The van der Waals surface area contributed by atoms with Crippen LogP contribution in [-0.4, -0.2) is 49.7 Å². The lowest BCUT2D eigenvalue weighted by molar-refractivity contribution is -0.383. The molecule has 1 aromatic carbocycles. The second-order valence-corrected chi connectivity index (χ2v) is 6.65. The first-order valence-corrected chi connectivity index (χ1v) is 7.65. The van der Waals surface area contributed by atoms with Gasteiger partial charge >= 0.3 is 0 Å². The Morgan fingerprint density at radius 2 is 2.05 bits per heavy atom. The third-order valence-electron chi connectivity index (χ3n) is 2.62. The first-order valence-electron chi connectivity index (χ1n) is 5.59. The minimum absolute atomic E-state index is 0.00976. The molecule has 8 nitrogen and oxygen atoms in total. The van der Waals surface area contributed by atoms with Gasteiger partial charge < -0.3 is 10.6 Å². The van der Waals surface area contributed by atoms with E-state index >= 15 is 0 Å². The van der Waals surface area contributed by atoms with Crippen molar-refractivity contribution in [1.82, 2.24) is 4.90 Å². The number of carbonyl (C=O) groups is 1. The Morgan fingerprint density at radius 1 is 1.45 bits per heavy atom. The van der Waals surface area contributed by atoms with Crippen LogP contribution in [0.15, 0.2) is 18.2 Å². The summed E-state index contributed by atoms with van der Waals surface area (Å²) < 4.78 is 22.1. The number of nitrogens with two attached hydrogens (primary N) is 1. The maximum Gasteiger partial charge on any atom is 0.292 e. The van der Waals surface area contributed by atoms with Gasteiger partial charge in [0.1, 0.15) is 15.5 Å². The number of hydrogen-bond acceptors (Lipinski definition) is 6. The molecule has 0 unspecified atom stereocenters. The second kappa shape index (κ2) is 5.87. The smallest absolute Gasteiger partial charge is 0.292 e. The summed E-state index contributed by atoms with van der Waals surface area (Å²) in [5, 5.41) is 10.7. The molecule has 1 amide bonds. The average molecular weight is 301 g/mol. The van der Waals surface area contributed by atoms with E-state index < -0.39 is 20.7 Å². The van der Waals surface area contributed by atoms with Crippen LogP contribution in [0.25, 0.3) is 0 Å². The number of carbonyl (C=O) groups excluding carboxylic acids is 1. The lowest BCUT2D eigenvalue weighted by Crippen LogP contribution is -2.31. The Morgan fingerprint density at radius 3 is 2.55 bits per heavy atom. The van der Waals surface area contributed by atoms with Crippen LogP contribution in [0.1, 0.15) is 10.4 Å². The number of hydrogen-bond donors (Lipinski definition) is 1. The molecule has 110 valence electrons. The fourth-order valence-electron chi connectivity index (χ4n) is 1.46. The summed E-state index contributed by atoms with van der Waals surface area (Å²) in [5.74, 6) is -0.677. The van der Waals surface area contributed by atoms with Gasteiger partial charge in [-0.25, -0.2) is 8.42 Å². The Balaban J connectivity index is 2.92. The fourth-order valence-corrected chi connectivity index (χ4v) is 2.07. The lowest BCUT2D eigenvalue weighted by atomic mass is 10.1. The molecule has 0 atom stereocenters. The Kier molecular flexibility index (Phi) is 4.66. The van der Waals surface area contributed by atoms with E-state index in [1.165, 1.54) is 24.1 Å². The van der Waals surface area contributed by atoms with E-state index in [9.17, 15) is 23.3 Å². The summed E-state index contributed by atoms with van der Waals surface area (Å²) in [7, 11) is -1.76. The molecular weight excluding hydrogens is 286 g/mol. The van der Waals surface area contributed by atoms with Gasteiger partial charge in [0.15, 0.2) is 0 Å². The lowest BCUT2D eigenvalue weighted by Gasteiger charge is -2.16. The molecule has 1 rings (SSSR count). The standard InChI is InChI=1S/C11H15N3O5S/c1-13(5-6-20(2,18)19)11(15)8-3-4-9(12)10(7-8)14(16)17/h3-4,7H,5-6,12H2,1-2H3. The molecule has 2 N–H and O–H groups in total. The van der Waals surface area contributed by atoms with Crippen molar-refractivity contribution in [2.45, 2.75) is 0 Å². The largest absolute Gasteiger partial charge is 0.393 e. The van der Waals surface area contributed by atoms with Crippen LogP contribution in [-0.2, 0) is 9.84 Å². The number of benzene rings is 1. The summed E-state index contributed by atoms with van der Waals surface area (Å²) in [6.07, 6.45) is 1.07. The summed E-state index contributed by atoms with van der Waals surface area (Å²) in [4.78, 5) is 23.3. The first-order chi connectivity index (χ1) is 9.11. The van der Waals surface area contributed by atoms with Crippen LogP contribution in [0.5, 0.6) is 0 Å². The number of nitrogens with zero attached hydrogens (tertiary/aromatic N) is 2. The van der Waals surface area contributed by atoms with Crippen LogP contribution in [0.4, 0.5) is 11.4 Å². The molecule has 0 saturated heterocycles. The van der Waals surface area contributed by atoms with Crippen LogP contribution >= 0.6 is 0 Å². The van der Waals surface area contributed by atoms with Crippen LogP contribution < -0.4 is 5.73 Å². The molecule has 0 fully saturated rings. The van der Waals surface area contributed by atoms with Crippen molar-refractivity contribution in [1.29, 1.82) is 0 Å². The Hall–Kier alpha value is -2.16. The van der Waals surface area contributed by atoms with Gasteiger partial charge in [0.25, 0.3) is 11.6 Å². The molecule has 1 aromatic rings. The van der Waals surface area contributed by atoms with Crippen LogP contribution in [0, 0.1) is 10.1 Å². The van der Waals surface area contributed by atoms with Crippen molar-refractivity contribution in [2.75, 3.05) is 31.3 Å². The maximum atomic E-state index is 12.0. The molecule has 0 bridgehead atoms. The molecule has 9 heteroatoms. The van der Waals surface area contributed by atoms with Gasteiger partial charge in [-0.2, -0.15) is 0 Å². The molecule has 0 spiro atoms.